The summed E-state index contributed by atoms with van der Waals surface area (Å²) in [6, 6.07) is 9.35. The standard InChI is InChI=1S/C20H29N3O4S/c1-17-14-21(15-18(2)27-17)16-20(24)22-9-11-23(12-10-22)28(25,26)13-8-19-6-4-3-5-7-19/h3-8,13,17-18H,9-12,14-16H2,1-2H3/p+1/b13-8+/t17-,18-/m1/s1. The lowest BCUT2D eigenvalue weighted by Crippen LogP contribution is -3.16. The lowest BCUT2D eigenvalue weighted by atomic mass is 10.2. The monoisotopic (exact) mass is 408 g/mol. The van der Waals surface area contributed by atoms with E-state index in [1.807, 2.05) is 44.2 Å². The van der Waals surface area contributed by atoms with Gasteiger partial charge in [0, 0.05) is 31.6 Å². The molecular weight excluding hydrogens is 378 g/mol. The van der Waals surface area contributed by atoms with Crippen molar-refractivity contribution in [1.29, 1.82) is 0 Å². The Morgan fingerprint density at radius 1 is 1.11 bits per heavy atom. The van der Waals surface area contributed by atoms with Crippen LogP contribution in [0.2, 0.25) is 0 Å². The van der Waals surface area contributed by atoms with Crippen molar-refractivity contribution in [2.45, 2.75) is 26.1 Å². The molecule has 1 N–H and O–H groups in total. The number of sulfonamides is 1. The highest BCUT2D eigenvalue weighted by Crippen LogP contribution is 2.11. The minimum atomic E-state index is -3.48. The van der Waals surface area contributed by atoms with E-state index >= 15 is 0 Å². The number of morpholine rings is 1. The molecule has 0 spiro atoms. The van der Waals surface area contributed by atoms with Gasteiger partial charge in [0.15, 0.2) is 6.54 Å². The van der Waals surface area contributed by atoms with Gasteiger partial charge in [-0.05, 0) is 25.5 Å². The highest BCUT2D eigenvalue weighted by Gasteiger charge is 2.31. The molecule has 1 aromatic carbocycles. The van der Waals surface area contributed by atoms with Crippen LogP contribution in [0.4, 0.5) is 0 Å². The minimum Gasteiger partial charge on any atom is -0.364 e. The molecule has 0 aromatic heterocycles. The molecule has 28 heavy (non-hydrogen) atoms. The Hall–Kier alpha value is -1.74. The fourth-order valence-corrected chi connectivity index (χ4v) is 5.04. The largest absolute Gasteiger partial charge is 0.364 e. The second kappa shape index (κ2) is 9.17. The molecule has 154 valence electrons. The van der Waals surface area contributed by atoms with Crippen LogP contribution in [0.15, 0.2) is 35.7 Å². The van der Waals surface area contributed by atoms with Crippen LogP contribution < -0.4 is 4.90 Å². The van der Waals surface area contributed by atoms with E-state index in [4.69, 9.17) is 4.74 Å². The number of carbonyl (C=O) groups is 1. The number of nitrogens with one attached hydrogen (secondary N) is 1. The zero-order valence-corrected chi connectivity index (χ0v) is 17.4. The highest BCUT2D eigenvalue weighted by molar-refractivity contribution is 7.92. The van der Waals surface area contributed by atoms with Gasteiger partial charge in [0.05, 0.1) is 0 Å². The van der Waals surface area contributed by atoms with Gasteiger partial charge in [-0.15, -0.1) is 0 Å². The fraction of sp³-hybridized carbons (Fsp3) is 0.550. The van der Waals surface area contributed by atoms with Crippen molar-refractivity contribution in [1.82, 2.24) is 9.21 Å². The molecule has 2 fully saturated rings. The zero-order chi connectivity index (χ0) is 20.1. The van der Waals surface area contributed by atoms with E-state index in [2.05, 4.69) is 0 Å². The van der Waals surface area contributed by atoms with Crippen molar-refractivity contribution in [2.24, 2.45) is 0 Å². The van der Waals surface area contributed by atoms with E-state index in [1.54, 1.807) is 11.0 Å². The summed E-state index contributed by atoms with van der Waals surface area (Å²) in [5.41, 5.74) is 0.844. The number of hydrogen-bond acceptors (Lipinski definition) is 4. The summed E-state index contributed by atoms with van der Waals surface area (Å²) < 4.78 is 32.3. The molecule has 7 nitrogen and oxygen atoms in total. The second-order valence-corrected chi connectivity index (χ2v) is 9.45. The molecule has 0 unspecified atom stereocenters. The molecular formula is C20H30N3O4S+. The van der Waals surface area contributed by atoms with Crippen molar-refractivity contribution in [2.75, 3.05) is 45.8 Å². The van der Waals surface area contributed by atoms with E-state index in [0.29, 0.717) is 32.7 Å². The summed E-state index contributed by atoms with van der Waals surface area (Å²) in [4.78, 5) is 15.6. The third kappa shape index (κ3) is 5.64. The number of piperazine rings is 1. The van der Waals surface area contributed by atoms with E-state index < -0.39 is 10.0 Å². The van der Waals surface area contributed by atoms with Gasteiger partial charge in [-0.2, -0.15) is 4.31 Å². The molecule has 2 heterocycles. The third-order valence-electron chi connectivity index (χ3n) is 5.20. The topological polar surface area (TPSA) is 71.4 Å². The Morgan fingerprint density at radius 3 is 2.32 bits per heavy atom. The molecule has 1 amide bonds. The quantitative estimate of drug-likeness (QED) is 0.734. The van der Waals surface area contributed by atoms with Gasteiger partial charge in [-0.1, -0.05) is 30.3 Å². The van der Waals surface area contributed by atoms with Crippen molar-refractivity contribution >= 4 is 22.0 Å². The lowest BCUT2D eigenvalue weighted by Gasteiger charge is -2.36. The van der Waals surface area contributed by atoms with Crippen LogP contribution in [-0.2, 0) is 19.6 Å². The summed E-state index contributed by atoms with van der Waals surface area (Å²) in [6.07, 6.45) is 1.92. The number of hydrogen-bond donors (Lipinski definition) is 1. The second-order valence-electron chi connectivity index (χ2n) is 7.63. The van der Waals surface area contributed by atoms with Crippen molar-refractivity contribution in [3.63, 3.8) is 0 Å². The average molecular weight is 409 g/mol. The van der Waals surface area contributed by atoms with Gasteiger partial charge in [0.2, 0.25) is 10.0 Å². The molecule has 0 aliphatic carbocycles. The zero-order valence-electron chi connectivity index (χ0n) is 16.6. The van der Waals surface area contributed by atoms with Gasteiger partial charge in [-0.3, -0.25) is 4.79 Å². The maximum Gasteiger partial charge on any atom is 0.277 e. The predicted molar refractivity (Wildman–Crippen MR) is 108 cm³/mol. The maximum atomic E-state index is 12.6. The van der Waals surface area contributed by atoms with Gasteiger partial charge < -0.3 is 14.5 Å². The first-order valence-electron chi connectivity index (χ1n) is 9.83. The van der Waals surface area contributed by atoms with E-state index in [1.165, 1.54) is 14.6 Å². The molecule has 3 rings (SSSR count). The SMILES string of the molecule is C[C@@H]1C[NH+](CC(=O)N2CCN(S(=O)(=O)/C=C/c3ccccc3)CC2)C[C@@H](C)O1. The lowest BCUT2D eigenvalue weighted by molar-refractivity contribution is -0.907. The van der Waals surface area contributed by atoms with Gasteiger partial charge in [-0.25, -0.2) is 8.42 Å². The van der Waals surface area contributed by atoms with Crippen LogP contribution in [0.5, 0.6) is 0 Å². The maximum absolute atomic E-state index is 12.6. The molecule has 0 bridgehead atoms. The predicted octanol–water partition coefficient (Wildman–Crippen LogP) is -0.177. The van der Waals surface area contributed by atoms with Crippen LogP contribution in [-0.4, -0.2) is 81.6 Å². The molecule has 0 radical (unpaired) electrons. The Morgan fingerprint density at radius 2 is 1.71 bits per heavy atom. The van der Waals surface area contributed by atoms with E-state index in [0.717, 1.165) is 18.7 Å². The van der Waals surface area contributed by atoms with Gasteiger partial charge in [0.1, 0.15) is 25.3 Å². The molecule has 2 aliphatic heterocycles. The van der Waals surface area contributed by atoms with E-state index in [-0.39, 0.29) is 18.1 Å². The molecule has 2 aliphatic rings. The van der Waals surface area contributed by atoms with Gasteiger partial charge in [0.25, 0.3) is 5.91 Å². The van der Waals surface area contributed by atoms with Crippen LogP contribution in [0, 0.1) is 0 Å². The molecule has 1 aromatic rings. The number of rotatable bonds is 5. The van der Waals surface area contributed by atoms with E-state index in [9.17, 15) is 13.2 Å². The van der Waals surface area contributed by atoms with Crippen molar-refractivity contribution in [3.05, 3.63) is 41.3 Å². The molecule has 0 saturated carbocycles. The Balaban J connectivity index is 1.50. The Bertz CT molecular complexity index is 779. The van der Waals surface area contributed by atoms with Crippen molar-refractivity contribution < 1.29 is 22.8 Å². The Kier molecular flexibility index (Phi) is 6.87. The first-order chi connectivity index (χ1) is 13.3. The van der Waals surface area contributed by atoms with Crippen LogP contribution in [0.25, 0.3) is 6.08 Å². The normalized spacial score (nSPS) is 27.2. The smallest absolute Gasteiger partial charge is 0.277 e. The molecule has 2 atom stereocenters. The number of quaternary nitrogens is 1. The first-order valence-corrected chi connectivity index (χ1v) is 11.3. The van der Waals surface area contributed by atoms with Crippen molar-refractivity contribution in [3.8, 4) is 0 Å². The number of benzene rings is 1. The summed E-state index contributed by atoms with van der Waals surface area (Å²) in [6.45, 7) is 7.71. The summed E-state index contributed by atoms with van der Waals surface area (Å²) in [7, 11) is -3.48. The molecule has 8 heteroatoms. The van der Waals surface area contributed by atoms with Crippen LogP contribution in [0.1, 0.15) is 19.4 Å². The van der Waals surface area contributed by atoms with Crippen LogP contribution in [0.3, 0.4) is 0 Å². The average Bonchev–Trinajstić information content (AvgIpc) is 2.66. The number of amides is 1. The Labute approximate surface area is 167 Å². The number of nitrogens with zero attached hydrogens (tertiary/aromatic N) is 2. The third-order valence-corrected chi connectivity index (χ3v) is 6.77. The minimum absolute atomic E-state index is 0.0909. The first kappa shape index (κ1) is 21.0. The summed E-state index contributed by atoms with van der Waals surface area (Å²) >= 11 is 0. The number of carbonyl (C=O) groups excluding carboxylic acids is 1. The summed E-state index contributed by atoms with van der Waals surface area (Å²) in [5.74, 6) is 0.0909. The van der Waals surface area contributed by atoms with Gasteiger partial charge >= 0.3 is 0 Å². The number of ether oxygens (including phenoxy) is 1. The highest BCUT2D eigenvalue weighted by atomic mass is 32.2. The van der Waals surface area contributed by atoms with Crippen LogP contribution >= 0.6 is 0 Å². The summed E-state index contributed by atoms with van der Waals surface area (Å²) in [5, 5.41) is 1.25. The fourth-order valence-electron chi connectivity index (χ4n) is 3.87. The molecule has 2 saturated heterocycles.